The molecule has 2 aromatic rings. The van der Waals surface area contributed by atoms with Gasteiger partial charge < -0.3 is 14.3 Å². The molecule has 0 spiro atoms. The highest BCUT2D eigenvalue weighted by atomic mass is 35.5. The Kier molecular flexibility index (Phi) is 4.53. The molecule has 122 valence electrons. The fraction of sp³-hybridized carbons (Fsp3) is 0.111. The molecular formula is C18H14ClNO4. The van der Waals surface area contributed by atoms with Crippen molar-refractivity contribution in [2.24, 2.45) is 5.16 Å². The van der Waals surface area contributed by atoms with Crippen LogP contribution in [0.2, 0.25) is 5.02 Å². The fourth-order valence-electron chi connectivity index (χ4n) is 2.41. The summed E-state index contributed by atoms with van der Waals surface area (Å²) in [5.41, 5.74) is 2.20. The molecule has 2 aromatic carbocycles. The second-order valence-corrected chi connectivity index (χ2v) is 5.40. The number of carbonyl (C=O) groups is 1. The molecule has 0 saturated heterocycles. The molecule has 5 nitrogen and oxygen atoms in total. The zero-order valence-electron chi connectivity index (χ0n) is 13.1. The van der Waals surface area contributed by atoms with Crippen LogP contribution < -0.4 is 9.47 Å². The van der Waals surface area contributed by atoms with Gasteiger partial charge in [0.1, 0.15) is 5.71 Å². The third-order valence-corrected chi connectivity index (χ3v) is 3.80. The minimum absolute atomic E-state index is 0.337. The summed E-state index contributed by atoms with van der Waals surface area (Å²) in [5, 5.41) is 4.48. The first kappa shape index (κ1) is 16.1. The number of para-hydroxylation sites is 1. The lowest BCUT2D eigenvalue weighted by atomic mass is 10.0. The van der Waals surface area contributed by atoms with E-state index in [-0.39, 0.29) is 0 Å². The highest BCUT2D eigenvalue weighted by Crippen LogP contribution is 2.33. The van der Waals surface area contributed by atoms with E-state index >= 15 is 0 Å². The van der Waals surface area contributed by atoms with Crippen molar-refractivity contribution in [3.05, 3.63) is 64.2 Å². The van der Waals surface area contributed by atoms with Crippen LogP contribution in [0.4, 0.5) is 0 Å². The van der Waals surface area contributed by atoms with E-state index in [1.54, 1.807) is 50.6 Å². The van der Waals surface area contributed by atoms with Crippen LogP contribution in [-0.4, -0.2) is 25.9 Å². The zero-order valence-corrected chi connectivity index (χ0v) is 13.8. The molecule has 1 aliphatic rings. The quantitative estimate of drug-likeness (QED) is 0.627. The van der Waals surface area contributed by atoms with Crippen molar-refractivity contribution in [1.29, 1.82) is 0 Å². The number of nitrogens with zero attached hydrogens (tertiary/aromatic N) is 1. The van der Waals surface area contributed by atoms with E-state index in [9.17, 15) is 4.79 Å². The fourth-order valence-corrected chi connectivity index (χ4v) is 2.53. The number of rotatable bonds is 4. The molecule has 3 rings (SSSR count). The van der Waals surface area contributed by atoms with Crippen molar-refractivity contribution in [2.45, 2.75) is 0 Å². The average Bonchev–Trinajstić information content (AvgIpc) is 2.96. The van der Waals surface area contributed by atoms with Crippen molar-refractivity contribution >= 4 is 29.4 Å². The third kappa shape index (κ3) is 2.98. The van der Waals surface area contributed by atoms with Gasteiger partial charge in [-0.15, -0.1) is 0 Å². The smallest absolute Gasteiger partial charge is 0.368 e. The number of hydrogen-bond donors (Lipinski definition) is 0. The summed E-state index contributed by atoms with van der Waals surface area (Å²) in [6.45, 7) is 0. The number of halogens is 1. The molecule has 0 fully saturated rings. The summed E-state index contributed by atoms with van der Waals surface area (Å²) >= 11 is 5.90. The first-order valence-corrected chi connectivity index (χ1v) is 7.50. The number of methoxy groups -OCH3 is 2. The Hall–Kier alpha value is -2.79. The van der Waals surface area contributed by atoms with Gasteiger partial charge in [-0.2, -0.15) is 0 Å². The normalized spacial score (nSPS) is 15.2. The van der Waals surface area contributed by atoms with Crippen LogP contribution in [0, 0.1) is 0 Å². The van der Waals surface area contributed by atoms with Gasteiger partial charge >= 0.3 is 5.97 Å². The monoisotopic (exact) mass is 343 g/mol. The summed E-state index contributed by atoms with van der Waals surface area (Å²) in [6, 6.07) is 12.4. The zero-order chi connectivity index (χ0) is 17.1. The Balaban J connectivity index is 2.06. The lowest BCUT2D eigenvalue weighted by molar-refractivity contribution is -0.136. The van der Waals surface area contributed by atoms with E-state index in [1.165, 1.54) is 0 Å². The van der Waals surface area contributed by atoms with Crippen LogP contribution in [0.1, 0.15) is 11.1 Å². The number of oxime groups is 1. The Labute approximate surface area is 144 Å². The largest absolute Gasteiger partial charge is 0.493 e. The Morgan fingerprint density at radius 1 is 1.08 bits per heavy atom. The SMILES string of the molecule is COc1cccc(/C=C2\C(=O)ON=C2c2ccc(Cl)cc2)c1OC. The molecule has 0 N–H and O–H groups in total. The summed E-state index contributed by atoms with van der Waals surface area (Å²) < 4.78 is 10.7. The molecule has 24 heavy (non-hydrogen) atoms. The van der Waals surface area contributed by atoms with Crippen molar-refractivity contribution in [1.82, 2.24) is 0 Å². The van der Waals surface area contributed by atoms with Crippen LogP contribution >= 0.6 is 11.6 Å². The van der Waals surface area contributed by atoms with Gasteiger partial charge in [-0.25, -0.2) is 4.79 Å². The van der Waals surface area contributed by atoms with Crippen molar-refractivity contribution in [2.75, 3.05) is 14.2 Å². The summed E-state index contributed by atoms with van der Waals surface area (Å²) in [7, 11) is 3.10. The van der Waals surface area contributed by atoms with E-state index in [2.05, 4.69) is 5.16 Å². The molecule has 0 radical (unpaired) electrons. The first-order valence-electron chi connectivity index (χ1n) is 7.12. The van der Waals surface area contributed by atoms with Crippen LogP contribution in [0.5, 0.6) is 11.5 Å². The number of carbonyl (C=O) groups excluding carboxylic acids is 1. The highest BCUT2D eigenvalue weighted by molar-refractivity contribution is 6.32. The standard InChI is InChI=1S/C18H14ClNO4/c1-22-15-5-3-4-12(17(15)23-2)10-14-16(20-24-18(14)21)11-6-8-13(19)9-7-11/h3-10H,1-2H3/b14-10-. The van der Waals surface area contributed by atoms with Gasteiger partial charge in [0.25, 0.3) is 0 Å². The minimum atomic E-state index is -0.523. The molecule has 0 aliphatic carbocycles. The van der Waals surface area contributed by atoms with Gasteiger partial charge in [0, 0.05) is 16.1 Å². The molecule has 0 unspecified atom stereocenters. The minimum Gasteiger partial charge on any atom is -0.493 e. The van der Waals surface area contributed by atoms with Crippen LogP contribution in [0.15, 0.2) is 53.2 Å². The maximum absolute atomic E-state index is 12.1. The molecule has 0 amide bonds. The topological polar surface area (TPSA) is 57.1 Å². The lowest BCUT2D eigenvalue weighted by Gasteiger charge is -2.10. The predicted octanol–water partition coefficient (Wildman–Crippen LogP) is 3.70. The van der Waals surface area contributed by atoms with E-state index in [0.717, 1.165) is 5.56 Å². The van der Waals surface area contributed by atoms with E-state index < -0.39 is 5.97 Å². The van der Waals surface area contributed by atoms with E-state index in [0.29, 0.717) is 33.4 Å². The Bertz CT molecular complexity index is 841. The van der Waals surface area contributed by atoms with Gasteiger partial charge in [-0.3, -0.25) is 0 Å². The Morgan fingerprint density at radius 2 is 1.83 bits per heavy atom. The van der Waals surface area contributed by atoms with Gasteiger partial charge in [-0.1, -0.05) is 41.0 Å². The van der Waals surface area contributed by atoms with Crippen molar-refractivity contribution in [3.63, 3.8) is 0 Å². The van der Waals surface area contributed by atoms with Crippen LogP contribution in [0.25, 0.3) is 6.08 Å². The molecule has 0 saturated carbocycles. The number of benzene rings is 2. The molecule has 1 heterocycles. The second-order valence-electron chi connectivity index (χ2n) is 4.97. The van der Waals surface area contributed by atoms with Crippen molar-refractivity contribution < 1.29 is 19.1 Å². The Morgan fingerprint density at radius 3 is 2.50 bits per heavy atom. The first-order chi connectivity index (χ1) is 11.6. The van der Waals surface area contributed by atoms with Crippen LogP contribution in [0.3, 0.4) is 0 Å². The average molecular weight is 344 g/mol. The van der Waals surface area contributed by atoms with Crippen LogP contribution in [-0.2, 0) is 9.63 Å². The third-order valence-electron chi connectivity index (χ3n) is 3.55. The van der Waals surface area contributed by atoms with E-state index in [4.69, 9.17) is 25.9 Å². The van der Waals surface area contributed by atoms with Gasteiger partial charge in [0.15, 0.2) is 11.5 Å². The maximum Gasteiger partial charge on any atom is 0.368 e. The van der Waals surface area contributed by atoms with Gasteiger partial charge in [-0.05, 0) is 24.3 Å². The molecule has 6 heteroatoms. The molecular weight excluding hydrogens is 330 g/mol. The summed E-state index contributed by atoms with van der Waals surface area (Å²) in [5.74, 6) is 0.579. The maximum atomic E-state index is 12.1. The number of ether oxygens (including phenoxy) is 2. The second kappa shape index (κ2) is 6.76. The van der Waals surface area contributed by atoms with Crippen molar-refractivity contribution in [3.8, 4) is 11.5 Å². The number of hydrogen-bond acceptors (Lipinski definition) is 5. The van der Waals surface area contributed by atoms with Gasteiger partial charge in [0.05, 0.1) is 19.8 Å². The summed E-state index contributed by atoms with van der Waals surface area (Å²) in [4.78, 5) is 16.9. The van der Waals surface area contributed by atoms with E-state index in [1.807, 2.05) is 12.1 Å². The molecule has 1 aliphatic heterocycles. The predicted molar refractivity (Wildman–Crippen MR) is 91.6 cm³/mol. The molecule has 0 bridgehead atoms. The summed E-state index contributed by atoms with van der Waals surface area (Å²) in [6.07, 6.45) is 1.67. The highest BCUT2D eigenvalue weighted by Gasteiger charge is 2.27. The van der Waals surface area contributed by atoms with Gasteiger partial charge in [0.2, 0.25) is 0 Å². The molecule has 0 aromatic heterocycles. The molecule has 0 atom stereocenters. The lowest BCUT2D eigenvalue weighted by Crippen LogP contribution is -2.07.